The number of phenols is 1. The van der Waals surface area contributed by atoms with Crippen molar-refractivity contribution in [3.63, 3.8) is 0 Å². The molecule has 38 heavy (non-hydrogen) atoms. The van der Waals surface area contributed by atoms with E-state index in [1.54, 1.807) is 59.9 Å². The summed E-state index contributed by atoms with van der Waals surface area (Å²) >= 11 is 13.4. The Labute approximate surface area is 233 Å². The SMILES string of the molecule is CSN=C(C(N)=Nc1cccc(Cl)c1Cl)N(N)c1cccc(C(=O)N2CCN(c3ncccn3)CC2)c1O. The number of nitrogens with zero attached hydrogens (tertiary/aromatic N) is 7. The number of aromatic nitrogens is 2. The Hall–Kier alpha value is -3.58. The van der Waals surface area contributed by atoms with Crippen molar-refractivity contribution in [1.82, 2.24) is 14.9 Å². The van der Waals surface area contributed by atoms with Gasteiger partial charge in [-0.05, 0) is 42.3 Å². The number of carbonyl (C=O) groups excluding carboxylic acids is 1. The Morgan fingerprint density at radius 2 is 1.76 bits per heavy atom. The van der Waals surface area contributed by atoms with Gasteiger partial charge in [-0.25, -0.2) is 20.8 Å². The van der Waals surface area contributed by atoms with E-state index < -0.39 is 0 Å². The van der Waals surface area contributed by atoms with Crippen LogP contribution in [0.2, 0.25) is 10.0 Å². The maximum Gasteiger partial charge on any atom is 0.257 e. The summed E-state index contributed by atoms with van der Waals surface area (Å²) in [5.41, 5.74) is 6.77. The molecule has 1 amide bonds. The van der Waals surface area contributed by atoms with Crippen LogP contribution >= 0.6 is 35.1 Å². The number of amides is 1. The lowest BCUT2D eigenvalue weighted by Gasteiger charge is -2.35. The van der Waals surface area contributed by atoms with Crippen LogP contribution in [0.4, 0.5) is 17.3 Å². The number of hydrogen-bond acceptors (Lipinski definition) is 9. The predicted molar refractivity (Wildman–Crippen MR) is 154 cm³/mol. The van der Waals surface area contributed by atoms with Gasteiger partial charge in [0.15, 0.2) is 17.4 Å². The van der Waals surface area contributed by atoms with Crippen molar-refractivity contribution in [3.8, 4) is 5.75 Å². The van der Waals surface area contributed by atoms with Crippen molar-refractivity contribution in [2.24, 2.45) is 21.0 Å². The zero-order valence-electron chi connectivity index (χ0n) is 20.3. The Balaban J connectivity index is 1.55. The molecule has 14 heteroatoms. The second kappa shape index (κ2) is 12.3. The van der Waals surface area contributed by atoms with Gasteiger partial charge >= 0.3 is 0 Å². The maximum atomic E-state index is 13.3. The normalized spacial score (nSPS) is 14.5. The fraction of sp³-hybridized carbons (Fsp3) is 0.208. The minimum Gasteiger partial charge on any atom is -0.505 e. The molecule has 0 atom stereocenters. The average molecular weight is 574 g/mol. The average Bonchev–Trinajstić information content (AvgIpc) is 2.94. The van der Waals surface area contributed by atoms with Gasteiger partial charge in [0, 0.05) is 44.8 Å². The van der Waals surface area contributed by atoms with Gasteiger partial charge < -0.3 is 20.6 Å². The summed E-state index contributed by atoms with van der Waals surface area (Å²) in [6, 6.07) is 11.4. The topological polar surface area (TPSA) is 150 Å². The molecule has 0 saturated carbocycles. The summed E-state index contributed by atoms with van der Waals surface area (Å²) in [5, 5.41) is 12.7. The summed E-state index contributed by atoms with van der Waals surface area (Å²) in [5.74, 6) is 6.29. The van der Waals surface area contributed by atoms with Gasteiger partial charge in [-0.15, -0.1) is 0 Å². The van der Waals surface area contributed by atoms with E-state index in [2.05, 4.69) is 19.4 Å². The van der Waals surface area contributed by atoms with E-state index in [9.17, 15) is 9.90 Å². The van der Waals surface area contributed by atoms with Crippen LogP contribution in [-0.4, -0.2) is 70.0 Å². The largest absolute Gasteiger partial charge is 0.505 e. The number of hydrazine groups is 1. The molecular formula is C24H25Cl2N9O2S. The highest BCUT2D eigenvalue weighted by Crippen LogP contribution is 2.33. The monoisotopic (exact) mass is 573 g/mol. The Kier molecular flexibility index (Phi) is 8.89. The molecule has 0 spiro atoms. The lowest BCUT2D eigenvalue weighted by Crippen LogP contribution is -2.49. The van der Waals surface area contributed by atoms with Crippen molar-refractivity contribution in [2.75, 3.05) is 42.3 Å². The van der Waals surface area contributed by atoms with E-state index in [0.717, 1.165) is 17.0 Å². The van der Waals surface area contributed by atoms with Crippen LogP contribution in [0.25, 0.3) is 0 Å². The fourth-order valence-electron chi connectivity index (χ4n) is 3.81. The molecular weight excluding hydrogens is 549 g/mol. The Morgan fingerprint density at radius 1 is 1.08 bits per heavy atom. The van der Waals surface area contributed by atoms with Gasteiger partial charge in [0.25, 0.3) is 5.91 Å². The van der Waals surface area contributed by atoms with Crippen LogP contribution in [0.5, 0.6) is 5.75 Å². The van der Waals surface area contributed by atoms with Gasteiger partial charge in [0.2, 0.25) is 5.95 Å². The van der Waals surface area contributed by atoms with Crippen molar-refractivity contribution in [2.45, 2.75) is 0 Å². The van der Waals surface area contributed by atoms with Gasteiger partial charge in [-0.3, -0.25) is 9.80 Å². The van der Waals surface area contributed by atoms with Gasteiger partial charge in [-0.2, -0.15) is 4.40 Å². The molecule has 2 aromatic carbocycles. The van der Waals surface area contributed by atoms with Crippen LogP contribution in [0.3, 0.4) is 0 Å². The minimum atomic E-state index is -0.331. The van der Waals surface area contributed by atoms with Crippen molar-refractivity contribution in [3.05, 3.63) is 70.5 Å². The number of rotatable bonds is 5. The van der Waals surface area contributed by atoms with Gasteiger partial charge in [0.05, 0.1) is 21.3 Å². The number of para-hydroxylation sites is 1. The van der Waals surface area contributed by atoms with Crippen molar-refractivity contribution < 1.29 is 9.90 Å². The third kappa shape index (κ3) is 5.94. The first-order chi connectivity index (χ1) is 18.3. The van der Waals surface area contributed by atoms with E-state index >= 15 is 0 Å². The molecule has 5 N–H and O–H groups in total. The first-order valence-corrected chi connectivity index (χ1v) is 13.3. The molecule has 11 nitrogen and oxygen atoms in total. The number of carbonyl (C=O) groups is 1. The number of anilines is 2. The summed E-state index contributed by atoms with van der Waals surface area (Å²) in [4.78, 5) is 29.8. The molecule has 1 aromatic heterocycles. The fourth-order valence-corrected chi connectivity index (χ4v) is 4.50. The number of phenolic OH excluding ortho intramolecular Hbond substituents is 1. The molecule has 0 bridgehead atoms. The van der Waals surface area contributed by atoms with Crippen molar-refractivity contribution >= 4 is 70.1 Å². The second-order valence-electron chi connectivity index (χ2n) is 8.04. The summed E-state index contributed by atoms with van der Waals surface area (Å²) in [6.07, 6.45) is 5.07. The molecule has 198 valence electrons. The Bertz CT molecular complexity index is 1370. The number of piperazine rings is 1. The predicted octanol–water partition coefficient (Wildman–Crippen LogP) is 3.50. The van der Waals surface area contributed by atoms with Gasteiger partial charge in [0.1, 0.15) is 5.69 Å². The van der Waals surface area contributed by atoms with E-state index in [1.807, 2.05) is 4.90 Å². The lowest BCUT2D eigenvalue weighted by atomic mass is 10.1. The third-order valence-corrected chi connectivity index (χ3v) is 6.88. The molecule has 0 radical (unpaired) electrons. The first-order valence-electron chi connectivity index (χ1n) is 11.4. The number of aromatic hydroxyl groups is 1. The molecule has 0 aliphatic carbocycles. The van der Waals surface area contributed by atoms with Crippen LogP contribution in [0, 0.1) is 0 Å². The van der Waals surface area contributed by atoms with Crippen LogP contribution in [0.1, 0.15) is 10.4 Å². The van der Waals surface area contributed by atoms with E-state index in [1.165, 1.54) is 6.07 Å². The lowest BCUT2D eigenvalue weighted by molar-refractivity contribution is 0.0743. The number of halogens is 2. The first kappa shape index (κ1) is 27.5. The smallest absolute Gasteiger partial charge is 0.257 e. The molecule has 3 aromatic rings. The molecule has 0 unspecified atom stereocenters. The molecule has 1 aliphatic heterocycles. The molecule has 1 fully saturated rings. The zero-order valence-corrected chi connectivity index (χ0v) is 22.7. The van der Waals surface area contributed by atoms with Crippen LogP contribution in [-0.2, 0) is 0 Å². The molecule has 4 rings (SSSR count). The number of nitrogens with two attached hydrogens (primary N) is 2. The van der Waals surface area contributed by atoms with Crippen LogP contribution < -0.4 is 21.5 Å². The maximum absolute atomic E-state index is 13.3. The van der Waals surface area contributed by atoms with E-state index in [4.69, 9.17) is 34.8 Å². The van der Waals surface area contributed by atoms with E-state index in [0.29, 0.717) is 42.8 Å². The van der Waals surface area contributed by atoms with Gasteiger partial charge in [-0.1, -0.05) is 35.3 Å². The summed E-state index contributed by atoms with van der Waals surface area (Å²) in [6.45, 7) is 1.99. The highest BCUT2D eigenvalue weighted by molar-refractivity contribution is 7.97. The highest BCUT2D eigenvalue weighted by Gasteiger charge is 2.27. The summed E-state index contributed by atoms with van der Waals surface area (Å²) < 4.78 is 4.27. The number of amidine groups is 2. The number of hydrogen-bond donors (Lipinski definition) is 3. The quantitative estimate of drug-likeness (QED) is 0.137. The standard InChI is InChI=1S/C24H25Cl2N9O2S/c1-38-32-22(21(27)31-17-7-3-6-16(25)19(17)26)35(28)18-8-2-5-15(20(18)36)23(37)33-11-13-34(14-12-33)24-29-9-4-10-30-24/h2-10,36H,11-14,28H2,1H3,(H2,27,31). The third-order valence-electron chi connectivity index (χ3n) is 5.71. The Morgan fingerprint density at radius 3 is 2.45 bits per heavy atom. The number of benzene rings is 2. The molecule has 2 heterocycles. The molecule has 1 saturated heterocycles. The van der Waals surface area contributed by atoms with Crippen molar-refractivity contribution in [1.29, 1.82) is 0 Å². The summed E-state index contributed by atoms with van der Waals surface area (Å²) in [7, 11) is 0. The number of aliphatic imine (C=N–C) groups is 1. The zero-order chi connectivity index (χ0) is 27.2. The second-order valence-corrected chi connectivity index (χ2v) is 9.37. The minimum absolute atomic E-state index is 0.0462. The molecule has 1 aliphatic rings. The highest BCUT2D eigenvalue weighted by atomic mass is 35.5. The van der Waals surface area contributed by atoms with Crippen LogP contribution in [0.15, 0.2) is 64.2 Å². The van der Waals surface area contributed by atoms with E-state index in [-0.39, 0.29) is 39.6 Å².